The second kappa shape index (κ2) is 6.66. The van der Waals surface area contributed by atoms with Crippen molar-refractivity contribution in [2.45, 2.75) is 18.6 Å². The summed E-state index contributed by atoms with van der Waals surface area (Å²) in [4.78, 5) is 18.6. The Morgan fingerprint density at radius 1 is 1.45 bits per heavy atom. The Bertz CT molecular complexity index is 708. The fourth-order valence-electron chi connectivity index (χ4n) is 2.53. The number of aromatic nitrogens is 2. The fourth-order valence-corrected chi connectivity index (χ4v) is 3.66. The molecule has 116 valence electrons. The Labute approximate surface area is 138 Å². The van der Waals surface area contributed by atoms with Crippen molar-refractivity contribution in [3.63, 3.8) is 0 Å². The highest BCUT2D eigenvalue weighted by atomic mass is 32.2. The lowest BCUT2D eigenvalue weighted by molar-refractivity contribution is 0.0602. The van der Waals surface area contributed by atoms with Crippen molar-refractivity contribution in [1.29, 1.82) is 0 Å². The van der Waals surface area contributed by atoms with Crippen molar-refractivity contribution in [3.05, 3.63) is 35.8 Å². The van der Waals surface area contributed by atoms with E-state index in [-0.39, 0.29) is 5.97 Å². The van der Waals surface area contributed by atoms with Gasteiger partial charge in [0.15, 0.2) is 5.65 Å². The standard InChI is InChI=1S/C15H17N3O2S2/c1-20-14(19)12-5-4-8-18-9-11(16-13(12)18)10-22-15(21)17-6-2-3-7-17/h4-5,8-9H,2-3,6-7,10H2,1H3. The number of carbonyl (C=O) groups excluding carboxylic acids is 1. The van der Waals surface area contributed by atoms with Crippen LogP contribution >= 0.6 is 24.0 Å². The van der Waals surface area contributed by atoms with E-state index in [2.05, 4.69) is 9.88 Å². The molecule has 0 radical (unpaired) electrons. The minimum atomic E-state index is -0.372. The summed E-state index contributed by atoms with van der Waals surface area (Å²) in [5.41, 5.74) is 2.00. The molecule has 2 aromatic heterocycles. The molecule has 3 rings (SSSR count). The molecule has 0 saturated carbocycles. The van der Waals surface area contributed by atoms with Crippen LogP contribution in [0.15, 0.2) is 24.5 Å². The molecule has 1 aliphatic rings. The van der Waals surface area contributed by atoms with Crippen LogP contribution in [0.25, 0.3) is 5.65 Å². The van der Waals surface area contributed by atoms with E-state index in [9.17, 15) is 4.79 Å². The van der Waals surface area contributed by atoms with Gasteiger partial charge in [-0.3, -0.25) is 0 Å². The molecule has 0 atom stereocenters. The number of carbonyl (C=O) groups is 1. The van der Waals surface area contributed by atoms with Gasteiger partial charge in [0.1, 0.15) is 9.88 Å². The normalized spacial score (nSPS) is 14.5. The third-order valence-corrected chi connectivity index (χ3v) is 5.20. The summed E-state index contributed by atoms with van der Waals surface area (Å²) < 4.78 is 7.58. The van der Waals surface area contributed by atoms with E-state index >= 15 is 0 Å². The second-order valence-corrected chi connectivity index (χ2v) is 6.73. The average molecular weight is 335 g/mol. The van der Waals surface area contributed by atoms with Gasteiger partial charge in [-0.1, -0.05) is 24.0 Å². The van der Waals surface area contributed by atoms with Gasteiger partial charge in [-0.15, -0.1) is 0 Å². The summed E-state index contributed by atoms with van der Waals surface area (Å²) in [5.74, 6) is 0.334. The number of hydrogen-bond acceptors (Lipinski definition) is 5. The van der Waals surface area contributed by atoms with Crippen LogP contribution in [0.4, 0.5) is 0 Å². The lowest BCUT2D eigenvalue weighted by Gasteiger charge is -2.16. The molecule has 2 aromatic rings. The second-order valence-electron chi connectivity index (χ2n) is 5.13. The number of fused-ring (bicyclic) bond motifs is 1. The number of thiocarbonyl (C=S) groups is 1. The van der Waals surface area contributed by atoms with E-state index in [0.29, 0.717) is 17.0 Å². The molecule has 1 aliphatic heterocycles. The van der Waals surface area contributed by atoms with Crippen LogP contribution in [0.3, 0.4) is 0 Å². The molecule has 0 bridgehead atoms. The average Bonchev–Trinajstić information content (AvgIpc) is 3.20. The van der Waals surface area contributed by atoms with Gasteiger partial charge in [0.25, 0.3) is 0 Å². The SMILES string of the molecule is COC(=O)c1cccn2cc(CSC(=S)N3CCCC3)nc12. The highest BCUT2D eigenvalue weighted by Gasteiger charge is 2.17. The van der Waals surface area contributed by atoms with Gasteiger partial charge in [-0.25, -0.2) is 9.78 Å². The van der Waals surface area contributed by atoms with E-state index in [1.54, 1.807) is 17.8 Å². The molecule has 0 N–H and O–H groups in total. The predicted octanol–water partition coefficient (Wildman–Crippen LogP) is 2.73. The number of likely N-dealkylation sites (tertiary alicyclic amines) is 1. The summed E-state index contributed by atoms with van der Waals surface area (Å²) >= 11 is 7.09. The first-order chi connectivity index (χ1) is 10.7. The van der Waals surface area contributed by atoms with Gasteiger partial charge in [0, 0.05) is 31.2 Å². The molecule has 1 fully saturated rings. The molecule has 0 spiro atoms. The number of methoxy groups -OCH3 is 1. The lowest BCUT2D eigenvalue weighted by Crippen LogP contribution is -2.23. The number of rotatable bonds is 3. The van der Waals surface area contributed by atoms with Crippen LogP contribution in [0, 0.1) is 0 Å². The molecule has 0 unspecified atom stereocenters. The van der Waals surface area contributed by atoms with E-state index in [1.807, 2.05) is 22.9 Å². The molecule has 0 amide bonds. The van der Waals surface area contributed by atoms with Crippen molar-refractivity contribution in [1.82, 2.24) is 14.3 Å². The summed E-state index contributed by atoms with van der Waals surface area (Å²) in [6, 6.07) is 3.53. The number of nitrogens with zero attached hydrogens (tertiary/aromatic N) is 3. The van der Waals surface area contributed by atoms with Crippen molar-refractivity contribution >= 4 is 39.9 Å². The van der Waals surface area contributed by atoms with Gasteiger partial charge in [0.2, 0.25) is 0 Å². The van der Waals surface area contributed by atoms with Crippen LogP contribution in [0.1, 0.15) is 28.9 Å². The van der Waals surface area contributed by atoms with Crippen LogP contribution in [0.5, 0.6) is 0 Å². The molecule has 1 saturated heterocycles. The summed E-state index contributed by atoms with van der Waals surface area (Å²) in [6.45, 7) is 2.12. The maximum atomic E-state index is 11.8. The van der Waals surface area contributed by atoms with Crippen LogP contribution in [-0.4, -0.2) is 44.8 Å². The minimum absolute atomic E-state index is 0.372. The molecular weight excluding hydrogens is 318 g/mol. The van der Waals surface area contributed by atoms with Gasteiger partial charge < -0.3 is 14.0 Å². The number of imidazole rings is 1. The maximum Gasteiger partial charge on any atom is 0.341 e. The first kappa shape index (κ1) is 15.3. The zero-order valence-corrected chi connectivity index (χ0v) is 14.0. The third-order valence-electron chi connectivity index (χ3n) is 3.65. The molecule has 0 aromatic carbocycles. The Kier molecular flexibility index (Phi) is 4.63. The summed E-state index contributed by atoms with van der Waals surface area (Å²) in [6.07, 6.45) is 6.25. The summed E-state index contributed by atoms with van der Waals surface area (Å²) in [7, 11) is 1.38. The number of pyridine rings is 1. The summed E-state index contributed by atoms with van der Waals surface area (Å²) in [5, 5.41) is 0. The van der Waals surface area contributed by atoms with Crippen molar-refractivity contribution in [2.75, 3.05) is 20.2 Å². The van der Waals surface area contributed by atoms with Crippen LogP contribution in [-0.2, 0) is 10.5 Å². The Morgan fingerprint density at radius 2 is 2.23 bits per heavy atom. The van der Waals surface area contributed by atoms with Gasteiger partial charge in [-0.05, 0) is 25.0 Å². The molecule has 3 heterocycles. The van der Waals surface area contributed by atoms with E-state index < -0.39 is 0 Å². The van der Waals surface area contributed by atoms with Gasteiger partial charge >= 0.3 is 5.97 Å². The topological polar surface area (TPSA) is 46.8 Å². The number of ether oxygens (including phenoxy) is 1. The first-order valence-electron chi connectivity index (χ1n) is 7.15. The zero-order valence-electron chi connectivity index (χ0n) is 12.3. The smallest absolute Gasteiger partial charge is 0.341 e. The Morgan fingerprint density at radius 3 is 2.95 bits per heavy atom. The van der Waals surface area contributed by atoms with Gasteiger partial charge in [0.05, 0.1) is 12.8 Å². The molecule has 22 heavy (non-hydrogen) atoms. The first-order valence-corrected chi connectivity index (χ1v) is 8.55. The van der Waals surface area contributed by atoms with Crippen molar-refractivity contribution in [2.24, 2.45) is 0 Å². The molecule has 5 nitrogen and oxygen atoms in total. The largest absolute Gasteiger partial charge is 0.465 e. The van der Waals surface area contributed by atoms with Crippen LogP contribution < -0.4 is 0 Å². The fraction of sp³-hybridized carbons (Fsp3) is 0.400. The quantitative estimate of drug-likeness (QED) is 0.635. The van der Waals surface area contributed by atoms with E-state index in [0.717, 1.165) is 23.1 Å². The maximum absolute atomic E-state index is 11.8. The van der Waals surface area contributed by atoms with E-state index in [4.69, 9.17) is 17.0 Å². The molecule has 0 aliphatic carbocycles. The van der Waals surface area contributed by atoms with Crippen molar-refractivity contribution < 1.29 is 9.53 Å². The monoisotopic (exact) mass is 335 g/mol. The minimum Gasteiger partial charge on any atom is -0.465 e. The number of esters is 1. The number of thioether (sulfide) groups is 1. The molecule has 7 heteroatoms. The number of hydrogen-bond donors (Lipinski definition) is 0. The van der Waals surface area contributed by atoms with Crippen LogP contribution in [0.2, 0.25) is 0 Å². The Hall–Kier alpha value is -1.60. The zero-order chi connectivity index (χ0) is 15.5. The highest BCUT2D eigenvalue weighted by Crippen LogP contribution is 2.21. The van der Waals surface area contributed by atoms with Gasteiger partial charge in [-0.2, -0.15) is 0 Å². The highest BCUT2D eigenvalue weighted by molar-refractivity contribution is 8.22. The molecular formula is C15H17N3O2S2. The van der Waals surface area contributed by atoms with E-state index in [1.165, 1.54) is 20.0 Å². The predicted molar refractivity (Wildman–Crippen MR) is 91.2 cm³/mol. The lowest BCUT2D eigenvalue weighted by atomic mass is 10.3. The third kappa shape index (κ3) is 3.10. The van der Waals surface area contributed by atoms with Crippen molar-refractivity contribution in [3.8, 4) is 0 Å². The Balaban J connectivity index is 1.74.